The third-order valence-electron chi connectivity index (χ3n) is 3.98. The predicted molar refractivity (Wildman–Crippen MR) is 80.7 cm³/mol. The van der Waals surface area contributed by atoms with Crippen molar-refractivity contribution in [3.63, 3.8) is 0 Å². The Bertz CT molecular complexity index is 557. The van der Waals surface area contributed by atoms with Crippen LogP contribution in [0.5, 0.6) is 11.5 Å². The zero-order valence-corrected chi connectivity index (χ0v) is 12.9. The summed E-state index contributed by atoms with van der Waals surface area (Å²) in [6.07, 6.45) is 1.78. The Labute approximate surface area is 129 Å². The van der Waals surface area contributed by atoms with Gasteiger partial charge in [0.05, 0.1) is 19.8 Å². The quantitative estimate of drug-likeness (QED) is 0.774. The lowest BCUT2D eigenvalue weighted by molar-refractivity contribution is -0.142. The molecule has 1 atom stereocenters. The first-order valence-electron chi connectivity index (χ1n) is 7.29. The number of nitrogens with zero attached hydrogens (tertiary/aromatic N) is 1. The first kappa shape index (κ1) is 16.3. The number of carbonyl (C=O) groups excluding carboxylic acids is 1. The van der Waals surface area contributed by atoms with E-state index in [2.05, 4.69) is 0 Å². The molecule has 1 aliphatic rings. The van der Waals surface area contributed by atoms with E-state index in [-0.39, 0.29) is 12.2 Å². The van der Waals surface area contributed by atoms with Crippen LogP contribution in [-0.2, 0) is 4.79 Å². The minimum atomic E-state index is -0.813. The van der Waals surface area contributed by atoms with Crippen molar-refractivity contribution < 1.29 is 24.2 Å². The lowest BCUT2D eigenvalue weighted by atomic mass is 10.1. The van der Waals surface area contributed by atoms with E-state index in [9.17, 15) is 9.59 Å². The maximum Gasteiger partial charge on any atom is 0.320 e. The maximum absolute atomic E-state index is 12.4. The van der Waals surface area contributed by atoms with Crippen LogP contribution in [0.3, 0.4) is 0 Å². The molecule has 0 aliphatic carbocycles. The molecule has 0 aromatic heterocycles. The fourth-order valence-corrected chi connectivity index (χ4v) is 2.78. The van der Waals surface area contributed by atoms with Crippen LogP contribution in [0.1, 0.15) is 29.6 Å². The van der Waals surface area contributed by atoms with E-state index in [1.165, 1.54) is 7.11 Å². The Kier molecular flexibility index (Phi) is 5.38. The van der Waals surface area contributed by atoms with Crippen molar-refractivity contribution in [1.29, 1.82) is 0 Å². The number of aliphatic carboxylic acids is 1. The van der Waals surface area contributed by atoms with Gasteiger partial charge in [0.2, 0.25) is 0 Å². The van der Waals surface area contributed by atoms with Crippen molar-refractivity contribution in [2.75, 3.05) is 27.3 Å². The normalized spacial score (nSPS) is 18.2. The fraction of sp³-hybridized carbons (Fsp3) is 0.500. The van der Waals surface area contributed by atoms with Gasteiger partial charge in [-0.3, -0.25) is 14.5 Å². The van der Waals surface area contributed by atoms with Gasteiger partial charge in [0, 0.05) is 19.0 Å². The zero-order chi connectivity index (χ0) is 16.1. The number of hydrogen-bond donors (Lipinski definition) is 1. The molecule has 1 fully saturated rings. The van der Waals surface area contributed by atoms with Gasteiger partial charge in [-0.1, -0.05) is 0 Å². The Morgan fingerprint density at radius 3 is 2.73 bits per heavy atom. The minimum Gasteiger partial charge on any atom is -0.497 e. The van der Waals surface area contributed by atoms with E-state index < -0.39 is 12.0 Å². The number of ketones is 1. The van der Waals surface area contributed by atoms with Crippen LogP contribution in [0.4, 0.5) is 0 Å². The molecule has 1 aromatic carbocycles. The third-order valence-corrected chi connectivity index (χ3v) is 3.98. The van der Waals surface area contributed by atoms with Crippen molar-refractivity contribution in [3.05, 3.63) is 23.8 Å². The predicted octanol–water partition coefficient (Wildman–Crippen LogP) is 1.83. The molecule has 0 unspecified atom stereocenters. The summed E-state index contributed by atoms with van der Waals surface area (Å²) >= 11 is 0. The van der Waals surface area contributed by atoms with E-state index in [1.54, 1.807) is 25.3 Å². The lowest BCUT2D eigenvalue weighted by Gasteiger charge is -2.20. The number of ether oxygens (including phenoxy) is 2. The number of rotatable bonds is 7. The molecule has 2 rings (SSSR count). The highest BCUT2D eigenvalue weighted by Gasteiger charge is 2.30. The number of likely N-dealkylation sites (tertiary alicyclic amines) is 1. The highest BCUT2D eigenvalue weighted by molar-refractivity contribution is 5.99. The van der Waals surface area contributed by atoms with Crippen LogP contribution in [0, 0.1) is 0 Å². The Morgan fingerprint density at radius 2 is 2.09 bits per heavy atom. The van der Waals surface area contributed by atoms with Gasteiger partial charge in [-0.15, -0.1) is 0 Å². The standard InChI is InChI=1S/C16H21NO5/c1-21-11-5-6-12(15(10-11)22-2)14(18)7-9-17-8-3-4-13(17)16(19)20/h5-6,10,13H,3-4,7-9H2,1-2H3,(H,19,20)/t13-/m1/s1. The number of carbonyl (C=O) groups is 2. The van der Waals surface area contributed by atoms with E-state index in [1.807, 2.05) is 4.90 Å². The number of carboxylic acids is 1. The van der Waals surface area contributed by atoms with Gasteiger partial charge in [0.25, 0.3) is 0 Å². The molecule has 1 aliphatic heterocycles. The molecule has 1 N–H and O–H groups in total. The van der Waals surface area contributed by atoms with Crippen molar-refractivity contribution in [2.24, 2.45) is 0 Å². The number of methoxy groups -OCH3 is 2. The Balaban J connectivity index is 2.02. The second-order valence-corrected chi connectivity index (χ2v) is 5.27. The van der Waals surface area contributed by atoms with Crippen LogP contribution < -0.4 is 9.47 Å². The van der Waals surface area contributed by atoms with E-state index in [0.29, 0.717) is 30.0 Å². The number of benzene rings is 1. The Hall–Kier alpha value is -2.08. The van der Waals surface area contributed by atoms with Crippen molar-refractivity contribution in [2.45, 2.75) is 25.3 Å². The average Bonchev–Trinajstić information content (AvgIpc) is 3.00. The lowest BCUT2D eigenvalue weighted by Crippen LogP contribution is -2.37. The molecule has 0 spiro atoms. The SMILES string of the molecule is COc1ccc(C(=O)CCN2CCC[C@@H]2C(=O)O)c(OC)c1. The van der Waals surface area contributed by atoms with Gasteiger partial charge < -0.3 is 14.6 Å². The molecular formula is C16H21NO5. The molecule has 6 nitrogen and oxygen atoms in total. The second-order valence-electron chi connectivity index (χ2n) is 5.27. The van der Waals surface area contributed by atoms with Gasteiger partial charge >= 0.3 is 5.97 Å². The molecule has 0 amide bonds. The van der Waals surface area contributed by atoms with E-state index >= 15 is 0 Å². The monoisotopic (exact) mass is 307 g/mol. The largest absolute Gasteiger partial charge is 0.497 e. The molecule has 0 saturated carbocycles. The molecule has 0 radical (unpaired) electrons. The molecule has 1 heterocycles. The number of carboxylic acid groups (broad SMARTS) is 1. The van der Waals surface area contributed by atoms with Crippen LogP contribution in [0.2, 0.25) is 0 Å². The average molecular weight is 307 g/mol. The molecule has 1 aromatic rings. The first-order valence-corrected chi connectivity index (χ1v) is 7.29. The third kappa shape index (κ3) is 3.57. The summed E-state index contributed by atoms with van der Waals surface area (Å²) in [7, 11) is 3.06. The van der Waals surface area contributed by atoms with Gasteiger partial charge in [-0.2, -0.15) is 0 Å². The van der Waals surface area contributed by atoms with Gasteiger partial charge in [0.1, 0.15) is 17.5 Å². The molecule has 22 heavy (non-hydrogen) atoms. The summed E-state index contributed by atoms with van der Waals surface area (Å²) in [6, 6.07) is 4.60. The maximum atomic E-state index is 12.4. The summed E-state index contributed by atoms with van der Waals surface area (Å²) in [6.45, 7) is 1.18. The number of hydrogen-bond acceptors (Lipinski definition) is 5. The Morgan fingerprint density at radius 1 is 1.32 bits per heavy atom. The smallest absolute Gasteiger partial charge is 0.320 e. The van der Waals surface area contributed by atoms with Crippen LogP contribution in [0.15, 0.2) is 18.2 Å². The van der Waals surface area contributed by atoms with Crippen LogP contribution in [-0.4, -0.2) is 55.1 Å². The zero-order valence-electron chi connectivity index (χ0n) is 12.9. The molecular weight excluding hydrogens is 286 g/mol. The highest BCUT2D eigenvalue weighted by atomic mass is 16.5. The van der Waals surface area contributed by atoms with Crippen molar-refractivity contribution >= 4 is 11.8 Å². The van der Waals surface area contributed by atoms with Gasteiger partial charge in [-0.05, 0) is 31.5 Å². The molecule has 120 valence electrons. The van der Waals surface area contributed by atoms with Crippen LogP contribution >= 0.6 is 0 Å². The van der Waals surface area contributed by atoms with Crippen molar-refractivity contribution in [1.82, 2.24) is 4.90 Å². The second kappa shape index (κ2) is 7.26. The highest BCUT2D eigenvalue weighted by Crippen LogP contribution is 2.26. The molecule has 6 heteroatoms. The number of Topliss-reactive ketones (excluding diaryl/α,β-unsaturated/α-hetero) is 1. The van der Waals surface area contributed by atoms with E-state index in [0.717, 1.165) is 13.0 Å². The first-order chi connectivity index (χ1) is 10.6. The molecule has 1 saturated heterocycles. The van der Waals surface area contributed by atoms with Crippen molar-refractivity contribution in [3.8, 4) is 11.5 Å². The van der Waals surface area contributed by atoms with E-state index in [4.69, 9.17) is 14.6 Å². The van der Waals surface area contributed by atoms with Gasteiger partial charge in [0.15, 0.2) is 5.78 Å². The summed E-state index contributed by atoms with van der Waals surface area (Å²) in [4.78, 5) is 25.4. The summed E-state index contributed by atoms with van der Waals surface area (Å²) < 4.78 is 10.3. The molecule has 0 bridgehead atoms. The van der Waals surface area contributed by atoms with Crippen LogP contribution in [0.25, 0.3) is 0 Å². The minimum absolute atomic E-state index is 0.0597. The summed E-state index contributed by atoms with van der Waals surface area (Å²) in [5.41, 5.74) is 0.495. The topological polar surface area (TPSA) is 76.1 Å². The van der Waals surface area contributed by atoms with Gasteiger partial charge in [-0.25, -0.2) is 0 Å². The summed E-state index contributed by atoms with van der Waals surface area (Å²) in [5.74, 6) is 0.224. The summed E-state index contributed by atoms with van der Waals surface area (Å²) in [5, 5.41) is 9.15. The fourth-order valence-electron chi connectivity index (χ4n) is 2.78.